The van der Waals surface area contributed by atoms with Crippen molar-refractivity contribution in [1.29, 1.82) is 0 Å². The van der Waals surface area contributed by atoms with E-state index in [-0.39, 0.29) is 28.9 Å². The SMILES string of the molecule is O=C1CCCN1c1ccc2ncnc(Nc3cc(F)c(Oc4ccn5ncnc5c4)cc3F)c2n1. The van der Waals surface area contributed by atoms with Gasteiger partial charge >= 0.3 is 0 Å². The molecule has 6 rings (SSSR count). The summed E-state index contributed by atoms with van der Waals surface area (Å²) in [5.74, 6) is -0.954. The quantitative estimate of drug-likeness (QED) is 0.407. The van der Waals surface area contributed by atoms with Crippen molar-refractivity contribution in [2.45, 2.75) is 12.8 Å². The summed E-state index contributed by atoms with van der Waals surface area (Å²) in [6, 6.07) is 8.44. The summed E-state index contributed by atoms with van der Waals surface area (Å²) in [6.45, 7) is 0.569. The van der Waals surface area contributed by atoms with E-state index in [1.807, 2.05) is 0 Å². The van der Waals surface area contributed by atoms with Crippen molar-refractivity contribution in [3.8, 4) is 11.5 Å². The van der Waals surface area contributed by atoms with Crippen molar-refractivity contribution in [3.63, 3.8) is 0 Å². The number of nitrogens with one attached hydrogen (secondary N) is 1. The average molecular weight is 474 g/mol. The van der Waals surface area contributed by atoms with Crippen LogP contribution < -0.4 is 15.0 Å². The van der Waals surface area contributed by atoms with Crippen LogP contribution in [0.5, 0.6) is 11.5 Å². The van der Waals surface area contributed by atoms with E-state index in [9.17, 15) is 13.6 Å². The molecule has 0 aliphatic carbocycles. The molecule has 35 heavy (non-hydrogen) atoms. The molecule has 1 amide bonds. The van der Waals surface area contributed by atoms with Crippen molar-refractivity contribution in [3.05, 3.63) is 66.9 Å². The molecule has 1 aromatic carbocycles. The normalized spacial score (nSPS) is 13.7. The number of anilines is 3. The second-order valence-electron chi connectivity index (χ2n) is 7.82. The Morgan fingerprint density at radius 3 is 2.77 bits per heavy atom. The third-order valence-corrected chi connectivity index (χ3v) is 5.57. The van der Waals surface area contributed by atoms with Crippen molar-refractivity contribution in [1.82, 2.24) is 29.5 Å². The highest BCUT2D eigenvalue weighted by Crippen LogP contribution is 2.32. The maximum Gasteiger partial charge on any atom is 0.228 e. The number of ether oxygens (including phenoxy) is 1. The highest BCUT2D eigenvalue weighted by atomic mass is 19.1. The predicted octanol–water partition coefficient (Wildman–Crippen LogP) is 4.01. The molecule has 12 heteroatoms. The van der Waals surface area contributed by atoms with Gasteiger partial charge in [0.1, 0.15) is 29.7 Å². The minimum absolute atomic E-state index is 0.0184. The van der Waals surface area contributed by atoms with Crippen LogP contribution in [0.2, 0.25) is 0 Å². The van der Waals surface area contributed by atoms with Gasteiger partial charge in [0, 0.05) is 37.4 Å². The van der Waals surface area contributed by atoms with Crippen molar-refractivity contribution >= 4 is 39.9 Å². The lowest BCUT2D eigenvalue weighted by Crippen LogP contribution is -2.24. The lowest BCUT2D eigenvalue weighted by molar-refractivity contribution is -0.117. The maximum atomic E-state index is 14.9. The summed E-state index contributed by atoms with van der Waals surface area (Å²) in [6.07, 6.45) is 5.47. The molecule has 1 aliphatic heterocycles. The minimum atomic E-state index is -0.787. The summed E-state index contributed by atoms with van der Waals surface area (Å²) >= 11 is 0. The van der Waals surface area contributed by atoms with Crippen LogP contribution in [-0.4, -0.2) is 42.0 Å². The Morgan fingerprint density at radius 1 is 1.00 bits per heavy atom. The Kier molecular flexibility index (Phi) is 4.90. The first-order chi connectivity index (χ1) is 17.0. The number of carbonyl (C=O) groups is 1. The second kappa shape index (κ2) is 8.24. The van der Waals surface area contributed by atoms with Gasteiger partial charge in [-0.05, 0) is 24.6 Å². The van der Waals surface area contributed by atoms with E-state index in [2.05, 4.69) is 30.4 Å². The van der Waals surface area contributed by atoms with Crippen LogP contribution in [0.25, 0.3) is 16.7 Å². The largest absolute Gasteiger partial charge is 0.454 e. The summed E-state index contributed by atoms with van der Waals surface area (Å²) < 4.78 is 36.8. The first kappa shape index (κ1) is 20.8. The highest BCUT2D eigenvalue weighted by Gasteiger charge is 2.23. The molecule has 0 radical (unpaired) electrons. The van der Waals surface area contributed by atoms with Gasteiger partial charge in [-0.1, -0.05) is 0 Å². The van der Waals surface area contributed by atoms with Gasteiger partial charge in [0.25, 0.3) is 0 Å². The van der Waals surface area contributed by atoms with E-state index >= 15 is 0 Å². The lowest BCUT2D eigenvalue weighted by atomic mass is 10.2. The van der Waals surface area contributed by atoms with E-state index in [0.717, 1.165) is 18.6 Å². The summed E-state index contributed by atoms with van der Waals surface area (Å²) in [5.41, 5.74) is 1.15. The molecule has 10 nitrogen and oxygen atoms in total. The first-order valence-corrected chi connectivity index (χ1v) is 10.7. The fourth-order valence-electron chi connectivity index (χ4n) is 3.88. The number of fused-ring (bicyclic) bond motifs is 2. The smallest absolute Gasteiger partial charge is 0.228 e. The monoisotopic (exact) mass is 474 g/mol. The molecule has 0 unspecified atom stereocenters. The van der Waals surface area contributed by atoms with Gasteiger partial charge < -0.3 is 10.1 Å². The van der Waals surface area contributed by atoms with E-state index in [4.69, 9.17) is 4.74 Å². The van der Waals surface area contributed by atoms with Crippen LogP contribution in [0, 0.1) is 11.6 Å². The predicted molar refractivity (Wildman–Crippen MR) is 122 cm³/mol. The number of aromatic nitrogens is 6. The molecule has 0 spiro atoms. The molecular formula is C23H16F2N8O2. The third-order valence-electron chi connectivity index (χ3n) is 5.57. The minimum Gasteiger partial charge on any atom is -0.454 e. The van der Waals surface area contributed by atoms with E-state index in [1.165, 1.54) is 17.2 Å². The fraction of sp³-hybridized carbons (Fsp3) is 0.130. The number of carbonyl (C=O) groups excluding carboxylic acids is 1. The summed E-state index contributed by atoms with van der Waals surface area (Å²) in [4.78, 5) is 30.6. The molecule has 0 saturated carbocycles. The van der Waals surface area contributed by atoms with Crippen molar-refractivity contribution in [2.24, 2.45) is 0 Å². The van der Waals surface area contributed by atoms with Crippen molar-refractivity contribution in [2.75, 3.05) is 16.8 Å². The van der Waals surface area contributed by atoms with Gasteiger partial charge in [0.05, 0.1) is 11.2 Å². The number of nitrogens with zero attached hydrogens (tertiary/aromatic N) is 7. The van der Waals surface area contributed by atoms with Gasteiger partial charge in [0.2, 0.25) is 5.91 Å². The standard InChI is InChI=1S/C23H16F2N8O2/c24-14-10-18(35-13-5-7-33-20(8-13)27-12-29-33)15(25)9-17(14)30-23-22-16(26-11-28-23)3-4-19(31-22)32-6-1-2-21(32)34/h3-5,7-12H,1-2,6H2,(H,26,28,30). The molecular weight excluding hydrogens is 458 g/mol. The molecule has 1 fully saturated rings. The number of hydrogen-bond donors (Lipinski definition) is 1. The Morgan fingerprint density at radius 2 is 1.91 bits per heavy atom. The molecule has 1 saturated heterocycles. The number of hydrogen-bond acceptors (Lipinski definition) is 8. The molecule has 5 aromatic rings. The van der Waals surface area contributed by atoms with Gasteiger partial charge in [0.15, 0.2) is 28.8 Å². The van der Waals surface area contributed by atoms with E-state index < -0.39 is 11.6 Å². The van der Waals surface area contributed by atoms with Gasteiger partial charge in [-0.15, -0.1) is 0 Å². The second-order valence-corrected chi connectivity index (χ2v) is 7.82. The van der Waals surface area contributed by atoms with Crippen LogP contribution in [0.15, 0.2) is 55.2 Å². The number of rotatable bonds is 5. The zero-order valence-corrected chi connectivity index (χ0v) is 18.0. The summed E-state index contributed by atoms with van der Waals surface area (Å²) in [5, 5.41) is 6.76. The lowest BCUT2D eigenvalue weighted by Gasteiger charge is -2.16. The van der Waals surface area contributed by atoms with Gasteiger partial charge in [-0.2, -0.15) is 5.10 Å². The number of pyridine rings is 2. The number of halogens is 2. The van der Waals surface area contributed by atoms with Gasteiger partial charge in [-0.3, -0.25) is 9.69 Å². The Balaban J connectivity index is 1.31. The van der Waals surface area contributed by atoms with Crippen LogP contribution in [0.4, 0.5) is 26.1 Å². The topological polar surface area (TPSA) is 110 Å². The van der Waals surface area contributed by atoms with Crippen LogP contribution in [-0.2, 0) is 4.79 Å². The Bertz CT molecular complexity index is 1610. The molecule has 1 N–H and O–H groups in total. The van der Waals surface area contributed by atoms with Crippen LogP contribution in [0.3, 0.4) is 0 Å². The zero-order valence-electron chi connectivity index (χ0n) is 18.0. The van der Waals surface area contributed by atoms with Gasteiger partial charge in [-0.25, -0.2) is 33.2 Å². The molecule has 5 heterocycles. The Labute approximate surface area is 196 Å². The third kappa shape index (κ3) is 3.84. The highest BCUT2D eigenvalue weighted by molar-refractivity contribution is 5.96. The fourth-order valence-corrected chi connectivity index (χ4v) is 3.88. The zero-order chi connectivity index (χ0) is 23.9. The number of benzene rings is 1. The molecule has 1 aliphatic rings. The summed E-state index contributed by atoms with van der Waals surface area (Å²) in [7, 11) is 0. The number of amides is 1. The molecule has 174 valence electrons. The molecule has 0 atom stereocenters. The molecule has 4 aromatic heterocycles. The van der Waals surface area contributed by atoms with E-state index in [0.29, 0.717) is 35.5 Å². The van der Waals surface area contributed by atoms with Crippen LogP contribution >= 0.6 is 0 Å². The van der Waals surface area contributed by atoms with Crippen LogP contribution in [0.1, 0.15) is 12.8 Å². The van der Waals surface area contributed by atoms with E-state index in [1.54, 1.807) is 35.4 Å². The van der Waals surface area contributed by atoms with Crippen molar-refractivity contribution < 1.29 is 18.3 Å². The maximum absolute atomic E-state index is 14.9. The first-order valence-electron chi connectivity index (χ1n) is 10.7. The Hall–Kier alpha value is -4.74. The average Bonchev–Trinajstić information content (AvgIpc) is 3.50. The molecule has 0 bridgehead atoms.